The van der Waals surface area contributed by atoms with Gasteiger partial charge in [0.1, 0.15) is 0 Å². The highest BCUT2D eigenvalue weighted by Gasteiger charge is 2.49. The summed E-state index contributed by atoms with van der Waals surface area (Å²) in [7, 11) is 0. The molecule has 4 aromatic rings. The zero-order valence-corrected chi connectivity index (χ0v) is 16.3. The fourth-order valence-corrected chi connectivity index (χ4v) is 5.01. The van der Waals surface area contributed by atoms with E-state index in [1.54, 1.807) is 0 Å². The van der Waals surface area contributed by atoms with Crippen molar-refractivity contribution < 1.29 is 0 Å². The molecule has 1 heteroatoms. The van der Waals surface area contributed by atoms with Gasteiger partial charge in [-0.1, -0.05) is 98.8 Å². The fraction of sp³-hybridized carbons (Fsp3) is 0.148. The van der Waals surface area contributed by atoms with Crippen LogP contribution < -0.4 is 0 Å². The SMILES string of the molecule is CC1(C)c2ccccc2C(c2ccccc2)(c2ccccn2)c2ccccc21. The summed E-state index contributed by atoms with van der Waals surface area (Å²) in [5, 5.41) is 0. The Morgan fingerprint density at radius 2 is 1.04 bits per heavy atom. The molecule has 1 nitrogen and oxygen atoms in total. The molecule has 0 saturated carbocycles. The summed E-state index contributed by atoms with van der Waals surface area (Å²) < 4.78 is 0. The van der Waals surface area contributed by atoms with Crippen LogP contribution in [0.15, 0.2) is 103 Å². The molecule has 136 valence electrons. The lowest BCUT2D eigenvalue weighted by Gasteiger charge is -2.47. The molecule has 0 aliphatic heterocycles. The van der Waals surface area contributed by atoms with Gasteiger partial charge in [-0.2, -0.15) is 0 Å². The molecule has 3 aromatic carbocycles. The molecule has 0 atom stereocenters. The molecule has 1 aromatic heterocycles. The van der Waals surface area contributed by atoms with Crippen molar-refractivity contribution in [3.63, 3.8) is 0 Å². The van der Waals surface area contributed by atoms with E-state index >= 15 is 0 Å². The van der Waals surface area contributed by atoms with Crippen LogP contribution in [0, 0.1) is 0 Å². The highest BCUT2D eigenvalue weighted by molar-refractivity contribution is 5.68. The molecule has 1 aliphatic rings. The lowest BCUT2D eigenvalue weighted by Crippen LogP contribution is -2.42. The third-order valence-corrected chi connectivity index (χ3v) is 6.26. The van der Waals surface area contributed by atoms with Crippen LogP contribution in [0.2, 0.25) is 0 Å². The van der Waals surface area contributed by atoms with Crippen molar-refractivity contribution in [1.29, 1.82) is 0 Å². The minimum atomic E-state index is -0.425. The van der Waals surface area contributed by atoms with Gasteiger partial charge in [0.15, 0.2) is 0 Å². The quantitative estimate of drug-likeness (QED) is 0.420. The second-order valence-corrected chi connectivity index (χ2v) is 8.05. The van der Waals surface area contributed by atoms with E-state index in [4.69, 9.17) is 4.98 Å². The number of pyridine rings is 1. The van der Waals surface area contributed by atoms with Crippen LogP contribution in [-0.2, 0) is 10.8 Å². The Morgan fingerprint density at radius 1 is 0.536 bits per heavy atom. The van der Waals surface area contributed by atoms with Gasteiger partial charge in [-0.15, -0.1) is 0 Å². The Labute approximate surface area is 166 Å². The Balaban J connectivity index is 2.01. The van der Waals surface area contributed by atoms with E-state index < -0.39 is 5.41 Å². The Kier molecular flexibility index (Phi) is 3.73. The van der Waals surface area contributed by atoms with E-state index in [0.29, 0.717) is 0 Å². The third kappa shape index (κ3) is 2.16. The van der Waals surface area contributed by atoms with E-state index in [1.165, 1.54) is 27.8 Å². The minimum Gasteiger partial charge on any atom is -0.260 e. The Hall–Kier alpha value is -3.19. The van der Waals surface area contributed by atoms with Crippen molar-refractivity contribution in [2.45, 2.75) is 24.7 Å². The van der Waals surface area contributed by atoms with Gasteiger partial charge >= 0.3 is 0 Å². The normalized spacial score (nSPS) is 16.1. The van der Waals surface area contributed by atoms with Crippen LogP contribution in [0.4, 0.5) is 0 Å². The highest BCUT2D eigenvalue weighted by atomic mass is 14.7. The van der Waals surface area contributed by atoms with Crippen LogP contribution in [0.1, 0.15) is 47.4 Å². The smallest absolute Gasteiger partial charge is 0.0879 e. The van der Waals surface area contributed by atoms with E-state index in [2.05, 4.69) is 105 Å². The molecule has 0 radical (unpaired) electrons. The van der Waals surface area contributed by atoms with Crippen molar-refractivity contribution in [2.24, 2.45) is 0 Å². The van der Waals surface area contributed by atoms with Crippen LogP contribution in [0.3, 0.4) is 0 Å². The molecule has 0 amide bonds. The van der Waals surface area contributed by atoms with Gasteiger partial charge in [-0.05, 0) is 39.9 Å². The molecule has 0 N–H and O–H groups in total. The molecule has 1 heterocycles. The van der Waals surface area contributed by atoms with Crippen LogP contribution in [-0.4, -0.2) is 4.98 Å². The monoisotopic (exact) mass is 361 g/mol. The predicted octanol–water partition coefficient (Wildman–Crippen LogP) is 6.10. The van der Waals surface area contributed by atoms with Crippen molar-refractivity contribution >= 4 is 0 Å². The summed E-state index contributed by atoms with van der Waals surface area (Å²) in [4.78, 5) is 4.90. The molecular formula is C27H23N. The van der Waals surface area contributed by atoms with Crippen molar-refractivity contribution in [2.75, 3.05) is 0 Å². The molecule has 0 unspecified atom stereocenters. The number of rotatable bonds is 2. The van der Waals surface area contributed by atoms with E-state index in [9.17, 15) is 0 Å². The second-order valence-electron chi connectivity index (χ2n) is 8.05. The van der Waals surface area contributed by atoms with Crippen molar-refractivity contribution in [3.05, 3.63) is 137 Å². The van der Waals surface area contributed by atoms with Gasteiger partial charge in [0, 0.05) is 11.6 Å². The van der Waals surface area contributed by atoms with Gasteiger partial charge in [0.2, 0.25) is 0 Å². The largest absolute Gasteiger partial charge is 0.260 e. The van der Waals surface area contributed by atoms with E-state index in [1.807, 2.05) is 12.3 Å². The standard InChI is InChI=1S/C27H23N/c1-26(2)21-14-6-8-16-23(21)27(20-12-4-3-5-13-20,25-18-10-11-19-28-25)24-17-9-7-15-22(24)26/h3-19H,1-2H3. The summed E-state index contributed by atoms with van der Waals surface area (Å²) in [5.41, 5.74) is 7.20. The van der Waals surface area contributed by atoms with Gasteiger partial charge in [-0.25, -0.2) is 0 Å². The first kappa shape index (κ1) is 16.9. The first-order valence-electron chi connectivity index (χ1n) is 9.84. The van der Waals surface area contributed by atoms with Gasteiger partial charge in [0.25, 0.3) is 0 Å². The number of fused-ring (bicyclic) bond motifs is 2. The zero-order valence-electron chi connectivity index (χ0n) is 16.3. The molecule has 5 rings (SSSR count). The number of nitrogens with zero attached hydrogens (tertiary/aromatic N) is 1. The number of benzene rings is 3. The van der Waals surface area contributed by atoms with Crippen molar-refractivity contribution in [1.82, 2.24) is 4.98 Å². The lowest BCUT2D eigenvalue weighted by molar-refractivity contribution is 0.552. The summed E-state index contributed by atoms with van der Waals surface area (Å²) in [6, 6.07) is 34.8. The minimum absolute atomic E-state index is 0.0692. The number of hydrogen-bond donors (Lipinski definition) is 0. The topological polar surface area (TPSA) is 12.9 Å². The summed E-state index contributed by atoms with van der Waals surface area (Å²) in [6.45, 7) is 4.66. The second kappa shape index (κ2) is 6.17. The third-order valence-electron chi connectivity index (χ3n) is 6.26. The zero-order chi connectivity index (χ0) is 19.2. The van der Waals surface area contributed by atoms with Gasteiger partial charge in [-0.3, -0.25) is 4.98 Å². The average molecular weight is 361 g/mol. The highest BCUT2D eigenvalue weighted by Crippen LogP contribution is 2.55. The van der Waals surface area contributed by atoms with Crippen LogP contribution >= 0.6 is 0 Å². The Bertz CT molecular complexity index is 1040. The first-order chi connectivity index (χ1) is 13.7. The summed E-state index contributed by atoms with van der Waals surface area (Å²) in [6.07, 6.45) is 1.91. The molecule has 0 spiro atoms. The molecule has 1 aliphatic carbocycles. The number of aromatic nitrogens is 1. The lowest BCUT2D eigenvalue weighted by atomic mass is 9.55. The maximum Gasteiger partial charge on any atom is 0.0879 e. The first-order valence-corrected chi connectivity index (χ1v) is 9.84. The van der Waals surface area contributed by atoms with Crippen LogP contribution in [0.25, 0.3) is 0 Å². The fourth-order valence-electron chi connectivity index (χ4n) is 5.01. The summed E-state index contributed by atoms with van der Waals surface area (Å²) in [5.74, 6) is 0. The van der Waals surface area contributed by atoms with Gasteiger partial charge < -0.3 is 0 Å². The maximum atomic E-state index is 4.90. The molecule has 0 saturated heterocycles. The predicted molar refractivity (Wildman–Crippen MR) is 115 cm³/mol. The molecule has 0 fully saturated rings. The molecular weight excluding hydrogens is 338 g/mol. The molecule has 28 heavy (non-hydrogen) atoms. The van der Waals surface area contributed by atoms with E-state index in [-0.39, 0.29) is 5.41 Å². The van der Waals surface area contributed by atoms with Gasteiger partial charge in [0.05, 0.1) is 11.1 Å². The van der Waals surface area contributed by atoms with Crippen molar-refractivity contribution in [3.8, 4) is 0 Å². The molecule has 0 bridgehead atoms. The maximum absolute atomic E-state index is 4.90. The Morgan fingerprint density at radius 3 is 1.57 bits per heavy atom. The average Bonchev–Trinajstić information content (AvgIpc) is 2.76. The summed E-state index contributed by atoms with van der Waals surface area (Å²) >= 11 is 0. The number of hydrogen-bond acceptors (Lipinski definition) is 1. The van der Waals surface area contributed by atoms with E-state index in [0.717, 1.165) is 5.69 Å². The van der Waals surface area contributed by atoms with Crippen LogP contribution in [0.5, 0.6) is 0 Å².